The molecule has 0 aliphatic carbocycles. The Morgan fingerprint density at radius 2 is 2.10 bits per heavy atom. The fourth-order valence-electron chi connectivity index (χ4n) is 2.02. The third kappa shape index (κ3) is 4.62. The lowest BCUT2D eigenvalue weighted by molar-refractivity contribution is -0.385. The minimum Gasteiger partial charge on any atom is -0.393 e. The summed E-state index contributed by atoms with van der Waals surface area (Å²) in [6.45, 7) is 5.73. The van der Waals surface area contributed by atoms with E-state index in [1.165, 1.54) is 12.1 Å². The van der Waals surface area contributed by atoms with E-state index < -0.39 is 16.9 Å². The Hall–Kier alpha value is -1.95. The molecule has 110 valence electrons. The number of nitrogens with one attached hydrogen (secondary N) is 1. The van der Waals surface area contributed by atoms with Crippen molar-refractivity contribution in [1.29, 1.82) is 0 Å². The van der Waals surface area contributed by atoms with Gasteiger partial charge in [0.15, 0.2) is 0 Å². The molecule has 2 N–H and O–H groups in total. The Balaban J connectivity index is 2.77. The maximum absolute atomic E-state index is 12.0. The van der Waals surface area contributed by atoms with Gasteiger partial charge in [0.1, 0.15) is 5.56 Å². The standard InChI is InChI=1S/C14H20N2O4/c1-9-4-5-13(16(19)20)12(7-9)14(18)15-8-10(2)6-11(3)17/h4-5,7,10-11,17H,6,8H2,1-3H3,(H,15,18). The number of benzene rings is 1. The quantitative estimate of drug-likeness (QED) is 0.616. The lowest BCUT2D eigenvalue weighted by Gasteiger charge is -2.14. The molecular formula is C14H20N2O4. The first-order valence-electron chi connectivity index (χ1n) is 6.52. The van der Waals surface area contributed by atoms with Crippen LogP contribution in [-0.4, -0.2) is 28.6 Å². The highest BCUT2D eigenvalue weighted by Gasteiger charge is 2.20. The van der Waals surface area contributed by atoms with E-state index in [1.54, 1.807) is 19.9 Å². The molecule has 0 fully saturated rings. The average Bonchev–Trinajstić information content (AvgIpc) is 2.34. The van der Waals surface area contributed by atoms with Crippen LogP contribution in [0.5, 0.6) is 0 Å². The lowest BCUT2D eigenvalue weighted by atomic mass is 10.0. The number of hydrogen-bond acceptors (Lipinski definition) is 4. The van der Waals surface area contributed by atoms with E-state index in [0.29, 0.717) is 13.0 Å². The zero-order chi connectivity index (χ0) is 15.3. The second-order valence-corrected chi connectivity index (χ2v) is 5.18. The van der Waals surface area contributed by atoms with E-state index in [0.717, 1.165) is 5.56 Å². The van der Waals surface area contributed by atoms with Crippen molar-refractivity contribution in [3.63, 3.8) is 0 Å². The predicted molar refractivity (Wildman–Crippen MR) is 75.6 cm³/mol. The molecule has 0 aliphatic rings. The molecule has 2 atom stereocenters. The van der Waals surface area contributed by atoms with Crippen LogP contribution in [0.4, 0.5) is 5.69 Å². The highest BCUT2D eigenvalue weighted by molar-refractivity contribution is 5.98. The van der Waals surface area contributed by atoms with E-state index in [9.17, 15) is 20.0 Å². The van der Waals surface area contributed by atoms with Crippen LogP contribution in [0.2, 0.25) is 0 Å². The minimum absolute atomic E-state index is 0.0687. The van der Waals surface area contributed by atoms with Crippen LogP contribution in [-0.2, 0) is 0 Å². The van der Waals surface area contributed by atoms with Gasteiger partial charge in [-0.2, -0.15) is 0 Å². The smallest absolute Gasteiger partial charge is 0.282 e. The van der Waals surface area contributed by atoms with Gasteiger partial charge in [-0.05, 0) is 37.8 Å². The summed E-state index contributed by atoms with van der Waals surface area (Å²) in [7, 11) is 0. The van der Waals surface area contributed by atoms with Crippen LogP contribution < -0.4 is 5.32 Å². The largest absolute Gasteiger partial charge is 0.393 e. The number of carbonyl (C=O) groups is 1. The Morgan fingerprint density at radius 1 is 1.45 bits per heavy atom. The Kier molecular flexibility index (Phi) is 5.64. The first-order chi connectivity index (χ1) is 9.31. The van der Waals surface area contributed by atoms with Gasteiger partial charge in [0.2, 0.25) is 0 Å². The molecule has 20 heavy (non-hydrogen) atoms. The molecule has 0 spiro atoms. The first-order valence-corrected chi connectivity index (χ1v) is 6.52. The number of nitro benzene ring substituents is 1. The van der Waals surface area contributed by atoms with Crippen molar-refractivity contribution in [3.05, 3.63) is 39.4 Å². The fraction of sp³-hybridized carbons (Fsp3) is 0.500. The van der Waals surface area contributed by atoms with Gasteiger partial charge >= 0.3 is 0 Å². The van der Waals surface area contributed by atoms with Crippen LogP contribution in [0.3, 0.4) is 0 Å². The molecule has 0 bridgehead atoms. The van der Waals surface area contributed by atoms with E-state index in [2.05, 4.69) is 5.32 Å². The molecule has 1 aromatic rings. The summed E-state index contributed by atoms with van der Waals surface area (Å²) in [5.41, 5.74) is 0.660. The second-order valence-electron chi connectivity index (χ2n) is 5.18. The van der Waals surface area contributed by atoms with Crippen molar-refractivity contribution in [2.24, 2.45) is 5.92 Å². The first kappa shape index (κ1) is 16.1. The van der Waals surface area contributed by atoms with Crippen molar-refractivity contribution in [2.75, 3.05) is 6.54 Å². The normalized spacial score (nSPS) is 13.6. The van der Waals surface area contributed by atoms with Crippen molar-refractivity contribution >= 4 is 11.6 Å². The summed E-state index contributed by atoms with van der Waals surface area (Å²) >= 11 is 0. The molecule has 0 radical (unpaired) electrons. The van der Waals surface area contributed by atoms with Gasteiger partial charge in [-0.3, -0.25) is 14.9 Å². The number of aliphatic hydroxyl groups excluding tert-OH is 1. The molecule has 6 heteroatoms. The van der Waals surface area contributed by atoms with Gasteiger partial charge in [-0.1, -0.05) is 13.0 Å². The zero-order valence-electron chi connectivity index (χ0n) is 11.9. The zero-order valence-corrected chi connectivity index (χ0v) is 11.9. The Morgan fingerprint density at radius 3 is 2.65 bits per heavy atom. The summed E-state index contributed by atoms with van der Waals surface area (Å²) in [5, 5.41) is 22.8. The third-order valence-electron chi connectivity index (χ3n) is 2.95. The van der Waals surface area contributed by atoms with Gasteiger partial charge in [-0.15, -0.1) is 0 Å². The van der Waals surface area contributed by atoms with Gasteiger partial charge in [0.25, 0.3) is 11.6 Å². The molecule has 1 aromatic carbocycles. The summed E-state index contributed by atoms with van der Waals surface area (Å²) in [6, 6.07) is 4.45. The van der Waals surface area contributed by atoms with E-state index in [1.807, 2.05) is 6.92 Å². The number of aryl methyl sites for hydroxylation is 1. The number of aliphatic hydroxyl groups is 1. The molecule has 0 saturated carbocycles. The lowest BCUT2D eigenvalue weighted by Crippen LogP contribution is -2.30. The second kappa shape index (κ2) is 7.00. The summed E-state index contributed by atoms with van der Waals surface area (Å²) in [6.07, 6.45) is 0.131. The molecule has 0 aromatic heterocycles. The van der Waals surface area contributed by atoms with Crippen LogP contribution in [0, 0.1) is 23.0 Å². The molecule has 0 heterocycles. The summed E-state index contributed by atoms with van der Waals surface area (Å²) in [4.78, 5) is 22.4. The van der Waals surface area contributed by atoms with E-state index in [4.69, 9.17) is 0 Å². The number of nitro groups is 1. The predicted octanol–water partition coefficient (Wildman–Crippen LogP) is 2.04. The van der Waals surface area contributed by atoms with Crippen LogP contribution >= 0.6 is 0 Å². The monoisotopic (exact) mass is 280 g/mol. The van der Waals surface area contributed by atoms with Crippen molar-refractivity contribution in [3.8, 4) is 0 Å². The van der Waals surface area contributed by atoms with Gasteiger partial charge in [-0.25, -0.2) is 0 Å². The Bertz CT molecular complexity index is 500. The average molecular weight is 280 g/mol. The van der Waals surface area contributed by atoms with Crippen LogP contribution in [0.25, 0.3) is 0 Å². The van der Waals surface area contributed by atoms with E-state index in [-0.39, 0.29) is 17.2 Å². The van der Waals surface area contributed by atoms with E-state index >= 15 is 0 Å². The molecule has 1 rings (SSSR count). The summed E-state index contributed by atoms with van der Waals surface area (Å²) in [5.74, 6) is -0.361. The molecule has 0 saturated heterocycles. The van der Waals surface area contributed by atoms with Crippen LogP contribution in [0.1, 0.15) is 36.2 Å². The number of carbonyl (C=O) groups excluding carboxylic acids is 1. The number of amides is 1. The van der Waals surface area contributed by atoms with Crippen molar-refractivity contribution in [2.45, 2.75) is 33.3 Å². The Labute approximate surface area is 118 Å². The number of hydrogen-bond donors (Lipinski definition) is 2. The van der Waals surface area contributed by atoms with Crippen molar-refractivity contribution < 1.29 is 14.8 Å². The maximum atomic E-state index is 12.0. The topological polar surface area (TPSA) is 92.5 Å². The molecular weight excluding hydrogens is 260 g/mol. The van der Waals surface area contributed by atoms with Gasteiger partial charge in [0.05, 0.1) is 11.0 Å². The van der Waals surface area contributed by atoms with Crippen LogP contribution in [0.15, 0.2) is 18.2 Å². The minimum atomic E-state index is -0.562. The molecule has 2 unspecified atom stereocenters. The van der Waals surface area contributed by atoms with Gasteiger partial charge in [0, 0.05) is 12.6 Å². The molecule has 0 aliphatic heterocycles. The van der Waals surface area contributed by atoms with Gasteiger partial charge < -0.3 is 10.4 Å². The highest BCUT2D eigenvalue weighted by Crippen LogP contribution is 2.19. The highest BCUT2D eigenvalue weighted by atomic mass is 16.6. The number of rotatable bonds is 6. The van der Waals surface area contributed by atoms with Crippen molar-refractivity contribution in [1.82, 2.24) is 5.32 Å². The fourth-order valence-corrected chi connectivity index (χ4v) is 2.02. The maximum Gasteiger partial charge on any atom is 0.282 e. The third-order valence-corrected chi connectivity index (χ3v) is 2.95. The molecule has 1 amide bonds. The SMILES string of the molecule is Cc1ccc([N+](=O)[O-])c(C(=O)NCC(C)CC(C)O)c1. The summed E-state index contributed by atoms with van der Waals surface area (Å²) < 4.78 is 0. The number of nitrogens with zero attached hydrogens (tertiary/aromatic N) is 1. The molecule has 6 nitrogen and oxygen atoms in total.